The van der Waals surface area contributed by atoms with E-state index in [-0.39, 0.29) is 5.91 Å². The van der Waals surface area contributed by atoms with Crippen LogP contribution in [0.25, 0.3) is 0 Å². The fourth-order valence-corrected chi connectivity index (χ4v) is 3.74. The average Bonchev–Trinajstić information content (AvgIpc) is 2.69. The Morgan fingerprint density at radius 2 is 1.86 bits per heavy atom. The Morgan fingerprint density at radius 1 is 1.17 bits per heavy atom. The van der Waals surface area contributed by atoms with Crippen molar-refractivity contribution in [3.8, 4) is 0 Å². The minimum Gasteiger partial charge on any atom is -0.359 e. The van der Waals surface area contributed by atoms with E-state index in [0.29, 0.717) is 12.1 Å². The molecule has 0 atom stereocenters. The monoisotopic (exact) mass is 416 g/mol. The van der Waals surface area contributed by atoms with Crippen LogP contribution in [-0.2, 0) is 5.75 Å². The van der Waals surface area contributed by atoms with Crippen molar-refractivity contribution in [2.45, 2.75) is 38.1 Å². The molecular weight excluding hydrogens is 382 g/mol. The third-order valence-corrected chi connectivity index (χ3v) is 5.68. The van der Waals surface area contributed by atoms with Crippen molar-refractivity contribution in [3.05, 3.63) is 46.6 Å². The lowest BCUT2D eigenvalue weighted by Gasteiger charge is -2.20. The zero-order valence-electron chi connectivity index (χ0n) is 18.5. The van der Waals surface area contributed by atoms with Crippen LogP contribution in [0, 0.1) is 13.8 Å². The summed E-state index contributed by atoms with van der Waals surface area (Å²) in [6.45, 7) is 8.84. The highest BCUT2D eigenvalue weighted by atomic mass is 32.2. The van der Waals surface area contributed by atoms with E-state index in [1.54, 1.807) is 11.8 Å². The lowest BCUT2D eigenvalue weighted by molar-refractivity contribution is -0.856. The predicted molar refractivity (Wildman–Crippen MR) is 121 cm³/mol. The molecule has 0 bridgehead atoms. The summed E-state index contributed by atoms with van der Waals surface area (Å²) in [7, 11) is 6.22. The van der Waals surface area contributed by atoms with Gasteiger partial charge in [0.15, 0.2) is 5.16 Å². The second-order valence-electron chi connectivity index (χ2n) is 7.66. The number of rotatable bonds is 10. The molecule has 0 spiro atoms. The van der Waals surface area contributed by atoms with Gasteiger partial charge in [0, 0.05) is 36.2 Å². The summed E-state index contributed by atoms with van der Waals surface area (Å²) in [6.07, 6.45) is 1.08. The molecule has 0 fully saturated rings. The van der Waals surface area contributed by atoms with E-state index in [1.807, 2.05) is 31.2 Å². The molecular formula is C22H34N5OS+. The van der Waals surface area contributed by atoms with E-state index < -0.39 is 0 Å². The second kappa shape index (κ2) is 11.2. The van der Waals surface area contributed by atoms with E-state index >= 15 is 0 Å². The van der Waals surface area contributed by atoms with Gasteiger partial charge in [0.05, 0.1) is 27.2 Å². The molecule has 0 unspecified atom stereocenters. The smallest absolute Gasteiger partial charge is 0.251 e. The lowest BCUT2D eigenvalue weighted by atomic mass is 10.1. The number of nitrogens with one attached hydrogen (secondary N) is 2. The topological polar surface area (TPSA) is 62.6 Å². The lowest BCUT2D eigenvalue weighted by Crippen LogP contribution is -3.06. The number of quaternary nitrogens is 1. The fourth-order valence-electron chi connectivity index (χ4n) is 2.89. The molecule has 1 amide bonds. The molecule has 1 aromatic heterocycles. The van der Waals surface area contributed by atoms with Gasteiger partial charge in [0.1, 0.15) is 5.82 Å². The van der Waals surface area contributed by atoms with E-state index in [9.17, 15) is 4.79 Å². The Kier molecular flexibility index (Phi) is 8.92. The molecule has 158 valence electrons. The fraction of sp³-hybridized carbons (Fsp3) is 0.500. The van der Waals surface area contributed by atoms with Crippen LogP contribution >= 0.6 is 11.8 Å². The highest BCUT2D eigenvalue weighted by molar-refractivity contribution is 7.98. The number of carbonyl (C=O) groups is 1. The first-order chi connectivity index (χ1) is 13.8. The summed E-state index contributed by atoms with van der Waals surface area (Å²) in [5.74, 6) is 1.76. The van der Waals surface area contributed by atoms with Crippen LogP contribution in [0.3, 0.4) is 0 Å². The van der Waals surface area contributed by atoms with Crippen LogP contribution in [0.4, 0.5) is 5.82 Å². The van der Waals surface area contributed by atoms with Gasteiger partial charge in [-0.2, -0.15) is 0 Å². The number of hydrogen-bond acceptors (Lipinski definition) is 5. The van der Waals surface area contributed by atoms with Gasteiger partial charge in [-0.1, -0.05) is 30.8 Å². The van der Waals surface area contributed by atoms with Crippen molar-refractivity contribution >= 4 is 23.5 Å². The summed E-state index contributed by atoms with van der Waals surface area (Å²) >= 11 is 1.63. The van der Waals surface area contributed by atoms with Crippen LogP contribution in [0.5, 0.6) is 0 Å². The summed E-state index contributed by atoms with van der Waals surface area (Å²) in [5, 5.41) is 3.75. The Morgan fingerprint density at radius 3 is 2.48 bits per heavy atom. The first-order valence-corrected chi connectivity index (χ1v) is 11.2. The maximum Gasteiger partial charge on any atom is 0.251 e. The second-order valence-corrected chi connectivity index (χ2v) is 8.60. The standard InChI is InChI=1S/C22H33N5OS/c1-7-13-27(6)20-16(2)17(3)24-22(25-20)29-15-18-8-10-19(11-9-18)21(28)23-12-14-26(4)5/h8-11H,7,12-15H2,1-6H3,(H,23,28)/p+1. The van der Waals surface area contributed by atoms with Crippen molar-refractivity contribution in [1.82, 2.24) is 15.3 Å². The molecule has 0 saturated carbocycles. The number of thioether (sulfide) groups is 1. The maximum absolute atomic E-state index is 12.2. The van der Waals surface area contributed by atoms with Gasteiger partial charge in [-0.3, -0.25) is 4.79 Å². The number of aromatic nitrogens is 2. The van der Waals surface area contributed by atoms with Crippen molar-refractivity contribution in [2.75, 3.05) is 45.7 Å². The third kappa shape index (κ3) is 7.01. The van der Waals surface area contributed by atoms with Gasteiger partial charge in [-0.05, 0) is 38.0 Å². The van der Waals surface area contributed by atoms with E-state index in [1.165, 1.54) is 4.90 Å². The first kappa shape index (κ1) is 23.2. The number of benzene rings is 1. The van der Waals surface area contributed by atoms with Gasteiger partial charge in [0.25, 0.3) is 5.91 Å². The van der Waals surface area contributed by atoms with Crippen LogP contribution in [-0.4, -0.2) is 56.7 Å². The van der Waals surface area contributed by atoms with Crippen LogP contribution in [0.2, 0.25) is 0 Å². The first-order valence-electron chi connectivity index (χ1n) is 10.2. The number of carbonyl (C=O) groups excluding carboxylic acids is 1. The van der Waals surface area contributed by atoms with Crippen molar-refractivity contribution in [3.63, 3.8) is 0 Å². The minimum absolute atomic E-state index is 0.0217. The molecule has 1 heterocycles. The number of aryl methyl sites for hydroxylation is 1. The third-order valence-electron chi connectivity index (χ3n) is 4.76. The Labute approximate surface area is 179 Å². The van der Waals surface area contributed by atoms with Gasteiger partial charge in [-0.25, -0.2) is 9.97 Å². The molecule has 0 aliphatic rings. The normalized spacial score (nSPS) is 11.0. The summed E-state index contributed by atoms with van der Waals surface area (Å²) < 4.78 is 0. The molecule has 0 aliphatic heterocycles. The van der Waals surface area contributed by atoms with Gasteiger partial charge in [-0.15, -0.1) is 0 Å². The summed E-state index contributed by atoms with van der Waals surface area (Å²) in [6, 6.07) is 7.78. The van der Waals surface area contributed by atoms with E-state index in [4.69, 9.17) is 4.98 Å². The number of hydrogen-bond donors (Lipinski definition) is 2. The Balaban J connectivity index is 1.98. The molecule has 0 saturated heterocycles. The number of likely N-dealkylation sites (N-methyl/N-ethyl adjacent to an activating group) is 1. The SMILES string of the molecule is CCCN(C)c1nc(SCc2ccc(C(=O)NCC[NH+](C)C)cc2)nc(C)c1C. The van der Waals surface area contributed by atoms with Crippen LogP contribution in [0.15, 0.2) is 29.4 Å². The van der Waals surface area contributed by atoms with E-state index in [0.717, 1.165) is 53.1 Å². The highest BCUT2D eigenvalue weighted by Gasteiger charge is 2.12. The summed E-state index contributed by atoms with van der Waals surface area (Å²) in [4.78, 5) is 25.1. The maximum atomic E-state index is 12.2. The largest absolute Gasteiger partial charge is 0.359 e. The van der Waals surface area contributed by atoms with Gasteiger partial charge < -0.3 is 15.1 Å². The van der Waals surface area contributed by atoms with Gasteiger partial charge >= 0.3 is 0 Å². The van der Waals surface area contributed by atoms with Crippen molar-refractivity contribution in [2.24, 2.45) is 0 Å². The van der Waals surface area contributed by atoms with Crippen LogP contribution in [0.1, 0.15) is 40.5 Å². The van der Waals surface area contributed by atoms with Crippen molar-refractivity contribution < 1.29 is 9.69 Å². The quantitative estimate of drug-likeness (QED) is 0.459. The Hall–Kier alpha value is -2.12. The zero-order chi connectivity index (χ0) is 21.4. The molecule has 2 aromatic rings. The average molecular weight is 417 g/mol. The zero-order valence-corrected chi connectivity index (χ0v) is 19.3. The molecule has 2 rings (SSSR count). The van der Waals surface area contributed by atoms with E-state index in [2.05, 4.69) is 50.2 Å². The summed E-state index contributed by atoms with van der Waals surface area (Å²) in [5.41, 5.74) is 4.00. The molecule has 1 aromatic carbocycles. The molecule has 6 nitrogen and oxygen atoms in total. The van der Waals surface area contributed by atoms with Crippen molar-refractivity contribution in [1.29, 1.82) is 0 Å². The molecule has 29 heavy (non-hydrogen) atoms. The predicted octanol–water partition coefficient (Wildman–Crippen LogP) is 2.11. The molecule has 0 radical (unpaired) electrons. The highest BCUT2D eigenvalue weighted by Crippen LogP contribution is 2.25. The Bertz CT molecular complexity index is 808. The van der Waals surface area contributed by atoms with Gasteiger partial charge in [0.2, 0.25) is 0 Å². The number of amides is 1. The number of nitrogens with zero attached hydrogens (tertiary/aromatic N) is 3. The van der Waals surface area contributed by atoms with Crippen LogP contribution < -0.4 is 15.1 Å². The molecule has 0 aliphatic carbocycles. The molecule has 7 heteroatoms. The number of anilines is 1. The minimum atomic E-state index is -0.0217. The molecule has 2 N–H and O–H groups in total.